The summed E-state index contributed by atoms with van der Waals surface area (Å²) in [4.78, 5) is 16.6. The Labute approximate surface area is 103 Å². The van der Waals surface area contributed by atoms with E-state index in [-0.39, 0.29) is 5.92 Å². The van der Waals surface area contributed by atoms with Gasteiger partial charge in [0.1, 0.15) is 0 Å². The smallest absolute Gasteiger partial charge is 0.227 e. The fourth-order valence-electron chi connectivity index (χ4n) is 2.54. The minimum absolute atomic E-state index is 0.223. The highest BCUT2D eigenvalue weighted by Gasteiger charge is 2.29. The van der Waals surface area contributed by atoms with Gasteiger partial charge < -0.3 is 15.0 Å². The van der Waals surface area contributed by atoms with Crippen molar-refractivity contribution in [3.8, 4) is 0 Å². The molecule has 1 N–H and O–H groups in total. The van der Waals surface area contributed by atoms with Crippen molar-refractivity contribution in [3.63, 3.8) is 0 Å². The average Bonchev–Trinajstić information content (AvgIpc) is 2.90. The average molecular weight is 241 g/mol. The van der Waals surface area contributed by atoms with E-state index in [1.54, 1.807) is 7.11 Å². The largest absolute Gasteiger partial charge is 0.383 e. The number of carbonyl (C=O) groups is 1. The van der Waals surface area contributed by atoms with Crippen molar-refractivity contribution in [1.29, 1.82) is 0 Å². The van der Waals surface area contributed by atoms with Crippen LogP contribution in [0, 0.1) is 5.92 Å². The van der Waals surface area contributed by atoms with E-state index >= 15 is 0 Å². The van der Waals surface area contributed by atoms with Crippen LogP contribution >= 0.6 is 0 Å². The normalized spacial score (nSPS) is 26.4. The van der Waals surface area contributed by atoms with Crippen LogP contribution < -0.4 is 5.32 Å². The van der Waals surface area contributed by atoms with Crippen LogP contribution in [0.1, 0.15) is 6.42 Å². The molecule has 0 spiro atoms. The molecule has 2 fully saturated rings. The third kappa shape index (κ3) is 3.40. The number of hydrogen-bond donors (Lipinski definition) is 1. The van der Waals surface area contributed by atoms with E-state index < -0.39 is 0 Å². The summed E-state index contributed by atoms with van der Waals surface area (Å²) in [5.74, 6) is 0.571. The zero-order valence-electron chi connectivity index (χ0n) is 10.7. The molecule has 0 aromatic carbocycles. The predicted molar refractivity (Wildman–Crippen MR) is 65.9 cm³/mol. The number of nitrogens with zero attached hydrogens (tertiary/aromatic N) is 2. The van der Waals surface area contributed by atoms with Crippen LogP contribution in [0.3, 0.4) is 0 Å². The minimum atomic E-state index is 0.223. The van der Waals surface area contributed by atoms with Gasteiger partial charge in [0.05, 0.1) is 12.5 Å². The van der Waals surface area contributed by atoms with Crippen LogP contribution in [0.15, 0.2) is 0 Å². The number of carbonyl (C=O) groups excluding carboxylic acids is 1. The molecule has 98 valence electrons. The summed E-state index contributed by atoms with van der Waals surface area (Å²) in [6.45, 7) is 7.32. The monoisotopic (exact) mass is 241 g/mol. The zero-order chi connectivity index (χ0) is 12.1. The van der Waals surface area contributed by atoms with Crippen molar-refractivity contribution in [2.75, 3.05) is 59.5 Å². The molecule has 5 heteroatoms. The molecule has 0 saturated carbocycles. The summed E-state index contributed by atoms with van der Waals surface area (Å²) in [5.41, 5.74) is 0. The van der Waals surface area contributed by atoms with E-state index in [2.05, 4.69) is 10.2 Å². The second kappa shape index (κ2) is 6.33. The van der Waals surface area contributed by atoms with Crippen molar-refractivity contribution < 1.29 is 9.53 Å². The van der Waals surface area contributed by atoms with Crippen molar-refractivity contribution in [1.82, 2.24) is 15.1 Å². The van der Waals surface area contributed by atoms with Gasteiger partial charge in [-0.15, -0.1) is 0 Å². The Balaban J connectivity index is 1.72. The summed E-state index contributed by atoms with van der Waals surface area (Å²) in [5, 5.41) is 3.25. The third-order valence-electron chi connectivity index (χ3n) is 3.71. The maximum Gasteiger partial charge on any atom is 0.227 e. The maximum atomic E-state index is 12.2. The van der Waals surface area contributed by atoms with Crippen LogP contribution in [-0.2, 0) is 9.53 Å². The van der Waals surface area contributed by atoms with Gasteiger partial charge in [0, 0.05) is 46.4 Å². The summed E-state index contributed by atoms with van der Waals surface area (Å²) >= 11 is 0. The predicted octanol–water partition coefficient (Wildman–Crippen LogP) is -0.613. The van der Waals surface area contributed by atoms with E-state index in [9.17, 15) is 4.79 Å². The molecular formula is C12H23N3O2. The summed E-state index contributed by atoms with van der Waals surface area (Å²) in [6.07, 6.45) is 1.00. The second-order valence-electron chi connectivity index (χ2n) is 4.85. The lowest BCUT2D eigenvalue weighted by molar-refractivity contribution is -0.136. The highest BCUT2D eigenvalue weighted by Crippen LogP contribution is 2.13. The Morgan fingerprint density at radius 3 is 2.71 bits per heavy atom. The molecule has 2 heterocycles. The van der Waals surface area contributed by atoms with Crippen LogP contribution in [0.25, 0.3) is 0 Å². The first-order chi connectivity index (χ1) is 8.31. The summed E-state index contributed by atoms with van der Waals surface area (Å²) < 4.78 is 5.07. The molecule has 2 aliphatic rings. The van der Waals surface area contributed by atoms with Gasteiger partial charge in [0.15, 0.2) is 0 Å². The van der Waals surface area contributed by atoms with E-state index in [1.165, 1.54) is 0 Å². The zero-order valence-corrected chi connectivity index (χ0v) is 10.7. The number of nitrogens with one attached hydrogen (secondary N) is 1. The molecule has 2 aliphatic heterocycles. The van der Waals surface area contributed by atoms with Gasteiger partial charge in [0.25, 0.3) is 0 Å². The van der Waals surface area contributed by atoms with E-state index in [1.807, 2.05) is 4.90 Å². The third-order valence-corrected chi connectivity index (χ3v) is 3.71. The molecule has 1 atom stereocenters. The van der Waals surface area contributed by atoms with Crippen LogP contribution in [0.5, 0.6) is 0 Å². The second-order valence-corrected chi connectivity index (χ2v) is 4.85. The molecule has 0 radical (unpaired) electrons. The first-order valence-corrected chi connectivity index (χ1v) is 6.52. The van der Waals surface area contributed by atoms with Crippen molar-refractivity contribution in [2.45, 2.75) is 6.42 Å². The molecule has 0 aromatic heterocycles. The van der Waals surface area contributed by atoms with Gasteiger partial charge in [-0.05, 0) is 13.0 Å². The Bertz CT molecular complexity index is 246. The number of amides is 1. The molecule has 2 rings (SSSR count). The van der Waals surface area contributed by atoms with Crippen LogP contribution in [0.4, 0.5) is 0 Å². The minimum Gasteiger partial charge on any atom is -0.383 e. The molecule has 0 aromatic rings. The Morgan fingerprint density at radius 2 is 2.12 bits per heavy atom. The quantitative estimate of drug-likeness (QED) is 0.713. The molecule has 1 amide bonds. The Morgan fingerprint density at radius 1 is 1.35 bits per heavy atom. The molecular weight excluding hydrogens is 218 g/mol. The van der Waals surface area contributed by atoms with Gasteiger partial charge in [-0.1, -0.05) is 0 Å². The summed E-state index contributed by atoms with van der Waals surface area (Å²) in [7, 11) is 1.73. The number of methoxy groups -OCH3 is 1. The van der Waals surface area contributed by atoms with Crippen molar-refractivity contribution in [3.05, 3.63) is 0 Å². The Hall–Kier alpha value is -0.650. The first kappa shape index (κ1) is 12.8. The molecule has 5 nitrogen and oxygen atoms in total. The number of ether oxygens (including phenoxy) is 1. The van der Waals surface area contributed by atoms with Crippen molar-refractivity contribution >= 4 is 5.91 Å². The van der Waals surface area contributed by atoms with Gasteiger partial charge in [0.2, 0.25) is 5.91 Å². The van der Waals surface area contributed by atoms with Gasteiger partial charge in [-0.3, -0.25) is 9.69 Å². The standard InChI is InChI=1S/C12H23N3O2/c1-17-9-8-14-4-6-15(7-5-14)12(16)11-2-3-13-10-11/h11,13H,2-10H2,1H3. The summed E-state index contributed by atoms with van der Waals surface area (Å²) in [6, 6.07) is 0. The first-order valence-electron chi connectivity index (χ1n) is 6.52. The van der Waals surface area contributed by atoms with Gasteiger partial charge in [-0.25, -0.2) is 0 Å². The van der Waals surface area contributed by atoms with E-state index in [0.29, 0.717) is 5.91 Å². The van der Waals surface area contributed by atoms with Gasteiger partial charge in [-0.2, -0.15) is 0 Å². The highest BCUT2D eigenvalue weighted by atomic mass is 16.5. The van der Waals surface area contributed by atoms with E-state index in [4.69, 9.17) is 4.74 Å². The van der Waals surface area contributed by atoms with Crippen LogP contribution in [0.2, 0.25) is 0 Å². The highest BCUT2D eigenvalue weighted by molar-refractivity contribution is 5.79. The fourth-order valence-corrected chi connectivity index (χ4v) is 2.54. The molecule has 0 bridgehead atoms. The SMILES string of the molecule is COCCN1CCN(C(=O)C2CCNC2)CC1. The topological polar surface area (TPSA) is 44.8 Å². The Kier molecular flexibility index (Phi) is 4.76. The number of hydrogen-bond acceptors (Lipinski definition) is 4. The van der Waals surface area contributed by atoms with E-state index in [0.717, 1.165) is 58.8 Å². The molecule has 0 aliphatic carbocycles. The van der Waals surface area contributed by atoms with Crippen LogP contribution in [-0.4, -0.2) is 75.2 Å². The maximum absolute atomic E-state index is 12.2. The van der Waals surface area contributed by atoms with Crippen molar-refractivity contribution in [2.24, 2.45) is 5.92 Å². The number of piperazine rings is 1. The lowest BCUT2D eigenvalue weighted by Crippen LogP contribution is -2.51. The lowest BCUT2D eigenvalue weighted by atomic mass is 10.1. The molecule has 1 unspecified atom stereocenters. The molecule has 17 heavy (non-hydrogen) atoms. The number of rotatable bonds is 4. The fraction of sp³-hybridized carbons (Fsp3) is 0.917. The molecule has 2 saturated heterocycles. The lowest BCUT2D eigenvalue weighted by Gasteiger charge is -2.35. The van der Waals surface area contributed by atoms with Gasteiger partial charge >= 0.3 is 0 Å².